The van der Waals surface area contributed by atoms with Crippen molar-refractivity contribution in [3.8, 4) is 5.75 Å². The van der Waals surface area contributed by atoms with E-state index in [0.29, 0.717) is 11.3 Å². The van der Waals surface area contributed by atoms with Gasteiger partial charge in [0.25, 0.3) is 5.91 Å². The van der Waals surface area contributed by atoms with Crippen LogP contribution in [-0.2, 0) is 6.54 Å². The first-order valence-electron chi connectivity index (χ1n) is 8.76. The largest absolute Gasteiger partial charge is 0.508 e. The van der Waals surface area contributed by atoms with Crippen LogP contribution >= 0.6 is 0 Å². The quantitative estimate of drug-likeness (QED) is 0.899. The van der Waals surface area contributed by atoms with Gasteiger partial charge in [-0.25, -0.2) is 0 Å². The highest BCUT2D eigenvalue weighted by atomic mass is 16.3. The number of aromatic nitrogens is 1. The molecular weight excluding hydrogens is 314 g/mol. The fourth-order valence-corrected chi connectivity index (χ4v) is 3.34. The van der Waals surface area contributed by atoms with Gasteiger partial charge < -0.3 is 10.4 Å². The van der Waals surface area contributed by atoms with E-state index in [-0.39, 0.29) is 11.9 Å². The zero-order valence-electron chi connectivity index (χ0n) is 14.8. The number of carbonyl (C=O) groups is 1. The summed E-state index contributed by atoms with van der Waals surface area (Å²) in [6.07, 6.45) is 1.87. The first-order chi connectivity index (χ1) is 12.0. The second-order valence-electron chi connectivity index (χ2n) is 6.78. The molecule has 1 aliphatic rings. The summed E-state index contributed by atoms with van der Waals surface area (Å²) in [5.41, 5.74) is 3.48. The molecule has 1 aromatic heterocycles. The molecule has 2 aromatic rings. The molecule has 0 radical (unpaired) electrons. The maximum absolute atomic E-state index is 12.5. The molecule has 1 fully saturated rings. The molecule has 1 aliphatic heterocycles. The number of likely N-dealkylation sites (tertiary alicyclic amines) is 1. The number of phenols is 1. The Kier molecular flexibility index (Phi) is 5.34. The van der Waals surface area contributed by atoms with Gasteiger partial charge in [0.15, 0.2) is 0 Å². The molecule has 5 nitrogen and oxygen atoms in total. The first-order valence-corrected chi connectivity index (χ1v) is 8.76. The maximum atomic E-state index is 12.5. The van der Waals surface area contributed by atoms with Crippen LogP contribution in [0.1, 0.15) is 40.2 Å². The minimum Gasteiger partial charge on any atom is -0.508 e. The van der Waals surface area contributed by atoms with Crippen molar-refractivity contribution in [2.24, 2.45) is 0 Å². The highest BCUT2D eigenvalue weighted by molar-refractivity contribution is 5.95. The van der Waals surface area contributed by atoms with Crippen LogP contribution in [0.25, 0.3) is 0 Å². The van der Waals surface area contributed by atoms with Crippen molar-refractivity contribution in [3.63, 3.8) is 0 Å². The van der Waals surface area contributed by atoms with Gasteiger partial charge in [0, 0.05) is 31.4 Å². The maximum Gasteiger partial charge on any atom is 0.253 e. The molecule has 0 aliphatic carbocycles. The average molecular weight is 339 g/mol. The first kappa shape index (κ1) is 17.4. The predicted octanol–water partition coefficient (Wildman–Crippen LogP) is 2.80. The molecule has 0 saturated carbocycles. The van der Waals surface area contributed by atoms with Crippen LogP contribution in [0.2, 0.25) is 0 Å². The van der Waals surface area contributed by atoms with Crippen LogP contribution in [0.5, 0.6) is 5.75 Å². The number of benzene rings is 1. The van der Waals surface area contributed by atoms with Crippen LogP contribution in [0.4, 0.5) is 0 Å². The number of aromatic hydroxyl groups is 1. The number of hydrogen-bond donors (Lipinski definition) is 2. The molecule has 5 heteroatoms. The summed E-state index contributed by atoms with van der Waals surface area (Å²) < 4.78 is 0. The number of aryl methyl sites for hydroxylation is 2. The molecule has 0 spiro atoms. The summed E-state index contributed by atoms with van der Waals surface area (Å²) >= 11 is 0. The minimum atomic E-state index is -0.0311. The highest BCUT2D eigenvalue weighted by Crippen LogP contribution is 2.17. The molecular formula is C20H25N3O2. The second kappa shape index (κ2) is 7.66. The summed E-state index contributed by atoms with van der Waals surface area (Å²) in [6.45, 7) is 6.50. The van der Waals surface area contributed by atoms with Crippen LogP contribution in [-0.4, -0.2) is 40.0 Å². The van der Waals surface area contributed by atoms with E-state index in [2.05, 4.69) is 15.2 Å². The van der Waals surface area contributed by atoms with Crippen molar-refractivity contribution < 1.29 is 9.90 Å². The van der Waals surface area contributed by atoms with Gasteiger partial charge in [-0.05, 0) is 56.5 Å². The van der Waals surface area contributed by atoms with E-state index in [4.69, 9.17) is 0 Å². The van der Waals surface area contributed by atoms with Gasteiger partial charge in [-0.1, -0.05) is 12.1 Å². The van der Waals surface area contributed by atoms with E-state index < -0.39 is 0 Å². The van der Waals surface area contributed by atoms with Gasteiger partial charge in [-0.2, -0.15) is 0 Å². The Hall–Kier alpha value is -2.40. The third-order valence-corrected chi connectivity index (χ3v) is 4.71. The Labute approximate surface area is 148 Å². The predicted molar refractivity (Wildman–Crippen MR) is 97.6 cm³/mol. The number of hydrogen-bond acceptors (Lipinski definition) is 4. The van der Waals surface area contributed by atoms with Gasteiger partial charge in [-0.15, -0.1) is 0 Å². The molecule has 132 valence electrons. The highest BCUT2D eigenvalue weighted by Gasteiger charge is 2.22. The SMILES string of the molecule is Cc1ccc(C(=O)NC2CCN(Cc3cccc(O)c3)CC2)c(C)n1. The van der Waals surface area contributed by atoms with Crippen molar-refractivity contribution in [2.75, 3.05) is 13.1 Å². The third-order valence-electron chi connectivity index (χ3n) is 4.71. The Morgan fingerprint density at radius 1 is 1.24 bits per heavy atom. The van der Waals surface area contributed by atoms with Gasteiger partial charge in [-0.3, -0.25) is 14.7 Å². The number of pyridine rings is 1. The van der Waals surface area contributed by atoms with E-state index in [1.807, 2.05) is 38.1 Å². The summed E-state index contributed by atoms with van der Waals surface area (Å²) in [4.78, 5) is 19.2. The lowest BCUT2D eigenvalue weighted by molar-refractivity contribution is 0.0908. The Balaban J connectivity index is 1.51. The fourth-order valence-electron chi connectivity index (χ4n) is 3.34. The number of rotatable bonds is 4. The standard InChI is InChI=1S/C20H25N3O2/c1-14-6-7-19(15(2)21-14)20(25)22-17-8-10-23(11-9-17)13-16-4-3-5-18(24)12-16/h3-7,12,17,24H,8-11,13H2,1-2H3,(H,22,25). The molecule has 3 rings (SSSR count). The summed E-state index contributed by atoms with van der Waals surface area (Å²) in [6, 6.07) is 11.3. The number of phenolic OH excluding ortho intramolecular Hbond substituents is 1. The monoisotopic (exact) mass is 339 g/mol. The van der Waals surface area contributed by atoms with E-state index in [0.717, 1.165) is 49.4 Å². The Morgan fingerprint density at radius 2 is 2.00 bits per heavy atom. The van der Waals surface area contributed by atoms with Crippen molar-refractivity contribution in [2.45, 2.75) is 39.3 Å². The summed E-state index contributed by atoms with van der Waals surface area (Å²) in [5.74, 6) is 0.276. The topological polar surface area (TPSA) is 65.5 Å². The molecule has 1 saturated heterocycles. The smallest absolute Gasteiger partial charge is 0.253 e. The average Bonchev–Trinajstić information content (AvgIpc) is 2.56. The van der Waals surface area contributed by atoms with Gasteiger partial charge >= 0.3 is 0 Å². The van der Waals surface area contributed by atoms with Crippen molar-refractivity contribution >= 4 is 5.91 Å². The second-order valence-corrected chi connectivity index (χ2v) is 6.78. The van der Waals surface area contributed by atoms with Crippen molar-refractivity contribution in [3.05, 3.63) is 58.9 Å². The minimum absolute atomic E-state index is 0.0311. The molecule has 0 bridgehead atoms. The van der Waals surface area contributed by atoms with E-state index >= 15 is 0 Å². The van der Waals surface area contributed by atoms with Crippen LogP contribution in [0.15, 0.2) is 36.4 Å². The molecule has 2 heterocycles. The molecule has 2 N–H and O–H groups in total. The van der Waals surface area contributed by atoms with E-state index in [9.17, 15) is 9.90 Å². The number of nitrogens with zero attached hydrogens (tertiary/aromatic N) is 2. The van der Waals surface area contributed by atoms with Crippen LogP contribution in [0.3, 0.4) is 0 Å². The molecule has 1 amide bonds. The zero-order chi connectivity index (χ0) is 17.8. The van der Waals surface area contributed by atoms with Crippen LogP contribution < -0.4 is 5.32 Å². The number of piperidine rings is 1. The Bertz CT molecular complexity index is 752. The lowest BCUT2D eigenvalue weighted by atomic mass is 10.0. The normalized spacial score (nSPS) is 15.9. The molecule has 25 heavy (non-hydrogen) atoms. The van der Waals surface area contributed by atoms with Crippen LogP contribution in [0, 0.1) is 13.8 Å². The lowest BCUT2D eigenvalue weighted by Crippen LogP contribution is -2.44. The number of carbonyl (C=O) groups excluding carboxylic acids is 1. The van der Waals surface area contributed by atoms with Gasteiger partial charge in [0.05, 0.1) is 11.3 Å². The van der Waals surface area contributed by atoms with Crippen molar-refractivity contribution in [1.29, 1.82) is 0 Å². The van der Waals surface area contributed by atoms with Gasteiger partial charge in [0.2, 0.25) is 0 Å². The lowest BCUT2D eigenvalue weighted by Gasteiger charge is -2.32. The molecule has 0 unspecified atom stereocenters. The van der Waals surface area contributed by atoms with Gasteiger partial charge in [0.1, 0.15) is 5.75 Å². The number of amides is 1. The molecule has 0 atom stereocenters. The third kappa shape index (κ3) is 4.57. The number of nitrogens with one attached hydrogen (secondary N) is 1. The Morgan fingerprint density at radius 3 is 2.68 bits per heavy atom. The molecule has 1 aromatic carbocycles. The fraction of sp³-hybridized carbons (Fsp3) is 0.400. The summed E-state index contributed by atoms with van der Waals surface area (Å²) in [5, 5.41) is 12.7. The van der Waals surface area contributed by atoms with E-state index in [1.54, 1.807) is 12.1 Å². The summed E-state index contributed by atoms with van der Waals surface area (Å²) in [7, 11) is 0. The zero-order valence-corrected chi connectivity index (χ0v) is 14.8. The van der Waals surface area contributed by atoms with E-state index in [1.165, 1.54) is 0 Å². The van der Waals surface area contributed by atoms with Crippen molar-refractivity contribution in [1.82, 2.24) is 15.2 Å².